The Morgan fingerprint density at radius 1 is 1.26 bits per heavy atom. The minimum Gasteiger partial charge on any atom is -0.486 e. The largest absolute Gasteiger partial charge is 0.486 e. The van der Waals surface area contributed by atoms with E-state index in [1.165, 1.54) is 10.7 Å². The van der Waals surface area contributed by atoms with E-state index in [9.17, 15) is 23.6 Å². The zero-order chi connectivity index (χ0) is 26.8. The monoisotopic (exact) mass is 585 g/mol. The van der Waals surface area contributed by atoms with E-state index in [1.807, 2.05) is 12.1 Å². The van der Waals surface area contributed by atoms with Gasteiger partial charge in [-0.3, -0.25) is 14.6 Å². The van der Waals surface area contributed by atoms with Crippen LogP contribution in [0.2, 0.25) is 0 Å². The van der Waals surface area contributed by atoms with Crippen molar-refractivity contribution in [1.82, 2.24) is 14.7 Å². The number of rotatable bonds is 7. The van der Waals surface area contributed by atoms with E-state index in [1.54, 1.807) is 23.1 Å². The summed E-state index contributed by atoms with van der Waals surface area (Å²) >= 11 is 3.52. The molecule has 2 aliphatic rings. The van der Waals surface area contributed by atoms with E-state index < -0.39 is 13.0 Å². The van der Waals surface area contributed by atoms with Crippen LogP contribution in [0.3, 0.4) is 0 Å². The Balaban J connectivity index is 1.47. The number of carbonyl (C=O) groups excluding carboxylic acids is 1. The van der Waals surface area contributed by atoms with Crippen LogP contribution in [0.25, 0.3) is 10.8 Å². The number of amides is 1. The third-order valence-electron chi connectivity index (χ3n) is 6.37. The Kier molecular flexibility index (Phi) is 7.49. The average molecular weight is 586 g/mol. The first kappa shape index (κ1) is 25.9. The van der Waals surface area contributed by atoms with Crippen LogP contribution in [0.15, 0.2) is 44.6 Å². The van der Waals surface area contributed by atoms with Gasteiger partial charge in [-0.05, 0) is 23.8 Å². The molecule has 1 fully saturated rings. The topological polar surface area (TPSA) is 110 Å². The third kappa shape index (κ3) is 5.30. The van der Waals surface area contributed by atoms with Crippen LogP contribution in [0.5, 0.6) is 5.75 Å². The molecular formula is C26H22BrF2N5O4. The molecule has 2 aromatic carbocycles. The highest BCUT2D eigenvalue weighted by molar-refractivity contribution is 9.10. The molecule has 1 amide bonds. The van der Waals surface area contributed by atoms with Crippen molar-refractivity contribution in [2.75, 3.05) is 32.9 Å². The van der Waals surface area contributed by atoms with Gasteiger partial charge >= 0.3 is 0 Å². The van der Waals surface area contributed by atoms with Crippen LogP contribution in [-0.4, -0.2) is 65.6 Å². The molecule has 0 radical (unpaired) electrons. The zero-order valence-electron chi connectivity index (χ0n) is 20.1. The maximum absolute atomic E-state index is 13.2. The van der Waals surface area contributed by atoms with Crippen LogP contribution in [0, 0.1) is 11.3 Å². The predicted molar refractivity (Wildman–Crippen MR) is 138 cm³/mol. The number of hydrogen-bond donors (Lipinski definition) is 0. The Bertz CT molecular complexity index is 1540. The van der Waals surface area contributed by atoms with Gasteiger partial charge in [0, 0.05) is 47.6 Å². The summed E-state index contributed by atoms with van der Waals surface area (Å²) in [6.45, 7) is 0.806. The van der Waals surface area contributed by atoms with Gasteiger partial charge in [-0.1, -0.05) is 22.0 Å². The Morgan fingerprint density at radius 2 is 2.05 bits per heavy atom. The van der Waals surface area contributed by atoms with Gasteiger partial charge in [0.15, 0.2) is 0 Å². The summed E-state index contributed by atoms with van der Waals surface area (Å²) in [4.78, 5) is 32.4. The van der Waals surface area contributed by atoms with Gasteiger partial charge in [0.05, 0.1) is 35.5 Å². The molecule has 3 heterocycles. The Hall–Kier alpha value is -3.69. The van der Waals surface area contributed by atoms with Gasteiger partial charge in [-0.25, -0.2) is 13.5 Å². The molecule has 3 aromatic rings. The second-order valence-corrected chi connectivity index (χ2v) is 9.74. The van der Waals surface area contributed by atoms with Crippen LogP contribution in [-0.2, 0) is 28.9 Å². The van der Waals surface area contributed by atoms with Crippen molar-refractivity contribution in [1.29, 1.82) is 5.26 Å². The molecule has 0 aliphatic carbocycles. The number of hydrogen-bond acceptors (Lipinski definition) is 7. The van der Waals surface area contributed by atoms with Crippen molar-refractivity contribution < 1.29 is 23.0 Å². The molecule has 9 nitrogen and oxygen atoms in total. The van der Waals surface area contributed by atoms with E-state index >= 15 is 0 Å². The number of halogens is 3. The van der Waals surface area contributed by atoms with Gasteiger partial charge in [0.1, 0.15) is 25.0 Å². The van der Waals surface area contributed by atoms with Gasteiger partial charge < -0.3 is 14.4 Å². The minimum absolute atomic E-state index is 0.0537. The van der Waals surface area contributed by atoms with E-state index in [0.717, 1.165) is 5.56 Å². The lowest BCUT2D eigenvalue weighted by molar-refractivity contribution is -0.136. The fourth-order valence-corrected chi connectivity index (χ4v) is 5.19. The lowest BCUT2D eigenvalue weighted by Gasteiger charge is -2.27. The summed E-state index contributed by atoms with van der Waals surface area (Å²) in [7, 11) is 0. The second kappa shape index (κ2) is 11.0. The number of fused-ring (bicyclic) bond motifs is 2. The van der Waals surface area contributed by atoms with Crippen LogP contribution >= 0.6 is 15.9 Å². The molecular weight excluding hydrogens is 564 g/mol. The molecule has 0 N–H and O–H groups in total. The molecule has 0 unspecified atom stereocenters. The van der Waals surface area contributed by atoms with Gasteiger partial charge in [-0.2, -0.15) is 10.4 Å². The van der Waals surface area contributed by atoms with E-state index in [-0.39, 0.29) is 35.7 Å². The van der Waals surface area contributed by atoms with Gasteiger partial charge in [0.25, 0.3) is 12.0 Å². The number of nitrogens with zero attached hydrogens (tertiary/aromatic N) is 5. The van der Waals surface area contributed by atoms with Crippen molar-refractivity contribution in [3.63, 3.8) is 0 Å². The third-order valence-corrected chi connectivity index (χ3v) is 7.03. The van der Waals surface area contributed by atoms with Crippen molar-refractivity contribution >= 4 is 44.0 Å². The van der Waals surface area contributed by atoms with E-state index in [4.69, 9.17) is 9.47 Å². The van der Waals surface area contributed by atoms with Gasteiger partial charge in [-0.15, -0.1) is 0 Å². The number of aliphatic imine (C=N–C) groups is 1. The first-order valence-electron chi connectivity index (χ1n) is 11.9. The number of alkyl halides is 2. The lowest BCUT2D eigenvalue weighted by Crippen LogP contribution is -2.44. The summed E-state index contributed by atoms with van der Waals surface area (Å²) in [6, 6.07) is 10.3. The molecule has 0 spiro atoms. The standard InChI is InChI=1S/C26H22BrF2N5O4/c27-19-3-1-2-18-25(19)21(32-34(26(18)36)13-24(35)33-4-6-37-7-5-33)10-17-9-15-8-16(12-30)22(11-20(15)31-17)38-14-23(28)29/h1-3,8,11,23H,4-7,9-10,13-14H2. The van der Waals surface area contributed by atoms with E-state index in [2.05, 4.69) is 26.0 Å². The minimum atomic E-state index is -2.67. The van der Waals surface area contributed by atoms with E-state index in [0.29, 0.717) is 65.1 Å². The highest BCUT2D eigenvalue weighted by Gasteiger charge is 2.23. The SMILES string of the molecule is N#Cc1cc2c(cc1OCC(F)F)N=C(Cc1nn(CC(=O)N3CCOCC3)c(=O)c3cccc(Br)c13)C2. The fourth-order valence-electron chi connectivity index (χ4n) is 4.59. The first-order valence-corrected chi connectivity index (χ1v) is 12.7. The first-order chi connectivity index (χ1) is 18.3. The molecule has 0 atom stereocenters. The summed E-state index contributed by atoms with van der Waals surface area (Å²) < 4.78 is 37.6. The molecule has 12 heteroatoms. The molecule has 5 rings (SSSR count). The molecule has 0 saturated carbocycles. The van der Waals surface area contributed by atoms with Crippen molar-refractivity contribution in [2.45, 2.75) is 25.8 Å². The smallest absolute Gasteiger partial charge is 0.275 e. The predicted octanol–water partition coefficient (Wildman–Crippen LogP) is 3.40. The Labute approximate surface area is 224 Å². The van der Waals surface area contributed by atoms with Crippen molar-refractivity contribution in [2.24, 2.45) is 4.99 Å². The second-order valence-electron chi connectivity index (χ2n) is 8.89. The average Bonchev–Trinajstić information content (AvgIpc) is 3.30. The summed E-state index contributed by atoms with van der Waals surface area (Å²) in [6.07, 6.45) is -1.98. The quantitative estimate of drug-likeness (QED) is 0.420. The summed E-state index contributed by atoms with van der Waals surface area (Å²) in [5.41, 5.74) is 2.35. The number of nitriles is 1. The zero-order valence-corrected chi connectivity index (χ0v) is 21.7. The maximum atomic E-state index is 13.2. The van der Waals surface area contributed by atoms with Gasteiger partial charge in [0.2, 0.25) is 5.91 Å². The highest BCUT2D eigenvalue weighted by atomic mass is 79.9. The Morgan fingerprint density at radius 3 is 2.79 bits per heavy atom. The van der Waals surface area contributed by atoms with Crippen molar-refractivity contribution in [3.8, 4) is 11.8 Å². The number of aromatic nitrogens is 2. The molecule has 1 aromatic heterocycles. The summed E-state index contributed by atoms with van der Waals surface area (Å²) in [5, 5.41) is 15.1. The van der Waals surface area contributed by atoms with Crippen LogP contribution in [0.1, 0.15) is 16.8 Å². The fraction of sp³-hybridized carbons (Fsp3) is 0.346. The molecule has 1 saturated heterocycles. The molecule has 38 heavy (non-hydrogen) atoms. The van der Waals surface area contributed by atoms with Crippen LogP contribution < -0.4 is 10.3 Å². The highest BCUT2D eigenvalue weighted by Crippen LogP contribution is 2.35. The molecule has 2 aliphatic heterocycles. The summed E-state index contributed by atoms with van der Waals surface area (Å²) in [5.74, 6) is -0.160. The maximum Gasteiger partial charge on any atom is 0.275 e. The number of benzene rings is 2. The number of morpholine rings is 1. The molecule has 0 bridgehead atoms. The number of carbonyl (C=O) groups is 1. The normalized spacial score (nSPS) is 14.9. The number of ether oxygens (including phenoxy) is 2. The van der Waals surface area contributed by atoms with Crippen LogP contribution in [0.4, 0.5) is 14.5 Å². The molecule has 196 valence electrons. The lowest BCUT2D eigenvalue weighted by atomic mass is 10.0. The van der Waals surface area contributed by atoms with Crippen molar-refractivity contribution in [3.05, 3.63) is 62.0 Å².